The van der Waals surface area contributed by atoms with Crippen LogP contribution in [0.1, 0.15) is 27.2 Å². The fourth-order valence-electron chi connectivity index (χ4n) is 1.10. The van der Waals surface area contributed by atoms with E-state index in [-0.39, 0.29) is 0 Å². The molecule has 0 saturated heterocycles. The highest BCUT2D eigenvalue weighted by molar-refractivity contribution is 5.31. The van der Waals surface area contributed by atoms with E-state index in [2.05, 4.69) is 19.6 Å². The van der Waals surface area contributed by atoms with Gasteiger partial charge in [0.15, 0.2) is 0 Å². The lowest BCUT2D eigenvalue weighted by Crippen LogP contribution is -1.95. The van der Waals surface area contributed by atoms with Crippen molar-refractivity contribution >= 4 is 0 Å². The zero-order valence-electron chi connectivity index (χ0n) is 9.42. The van der Waals surface area contributed by atoms with Gasteiger partial charge in [-0.15, -0.1) is 0 Å². The summed E-state index contributed by atoms with van der Waals surface area (Å²) in [6.45, 7) is 10.5. The Morgan fingerprint density at radius 1 is 1.29 bits per heavy atom. The predicted molar refractivity (Wildman–Crippen MR) is 63.1 cm³/mol. The highest BCUT2D eigenvalue weighted by atomic mass is 16.5. The Kier molecular flexibility index (Phi) is 7.62. The molecule has 1 heteroatoms. The molecule has 0 fully saturated rings. The average Bonchev–Trinajstić information content (AvgIpc) is 2.19. The quantitative estimate of drug-likeness (QED) is 0.456. The third-order valence-corrected chi connectivity index (χ3v) is 1.76. The van der Waals surface area contributed by atoms with E-state index in [9.17, 15) is 0 Å². The van der Waals surface area contributed by atoms with Crippen molar-refractivity contribution in [1.29, 1.82) is 0 Å². The van der Waals surface area contributed by atoms with Gasteiger partial charge in [0.05, 0.1) is 6.61 Å². The molecule has 0 N–H and O–H groups in total. The van der Waals surface area contributed by atoms with Gasteiger partial charge < -0.3 is 4.74 Å². The first-order valence-electron chi connectivity index (χ1n) is 5.07. The Morgan fingerprint density at radius 2 is 2.00 bits per heavy atom. The first kappa shape index (κ1) is 12.8. The molecule has 0 amide bonds. The maximum absolute atomic E-state index is 5.52. The zero-order chi connectivity index (χ0) is 10.8. The summed E-state index contributed by atoms with van der Waals surface area (Å²) in [5.41, 5.74) is 1.20. The van der Waals surface area contributed by atoms with Crippen LogP contribution in [0.4, 0.5) is 0 Å². The molecule has 0 aliphatic carbocycles. The standard InChI is InChI=1S/C13H20O/c1-5-9-11-12(7-3)13(10-6-2)14-8-4/h5-6,9-11H,2,7-8H2,1,3-4H3/b9-5-,12-11-,13-10+. The molecule has 0 aromatic rings. The summed E-state index contributed by atoms with van der Waals surface area (Å²) in [7, 11) is 0. The second-order valence-electron chi connectivity index (χ2n) is 2.77. The minimum absolute atomic E-state index is 0.687. The second kappa shape index (κ2) is 8.36. The van der Waals surface area contributed by atoms with Crippen LogP contribution in [0.25, 0.3) is 0 Å². The molecule has 78 valence electrons. The van der Waals surface area contributed by atoms with Gasteiger partial charge in [0.25, 0.3) is 0 Å². The average molecular weight is 192 g/mol. The summed E-state index contributed by atoms with van der Waals surface area (Å²) in [4.78, 5) is 0. The molecular weight excluding hydrogens is 172 g/mol. The Bertz CT molecular complexity index is 244. The number of rotatable bonds is 6. The predicted octanol–water partition coefficient (Wildman–Crippen LogP) is 4.01. The Balaban J connectivity index is 4.75. The lowest BCUT2D eigenvalue weighted by atomic mass is 10.1. The third kappa shape index (κ3) is 4.70. The van der Waals surface area contributed by atoms with Crippen molar-refractivity contribution in [1.82, 2.24) is 0 Å². The van der Waals surface area contributed by atoms with Gasteiger partial charge in [0, 0.05) is 0 Å². The lowest BCUT2D eigenvalue weighted by molar-refractivity contribution is 0.236. The van der Waals surface area contributed by atoms with Crippen LogP contribution in [0.5, 0.6) is 0 Å². The van der Waals surface area contributed by atoms with Crippen LogP contribution in [-0.4, -0.2) is 6.61 Å². The van der Waals surface area contributed by atoms with Crippen molar-refractivity contribution in [2.75, 3.05) is 6.61 Å². The van der Waals surface area contributed by atoms with Crippen LogP contribution in [-0.2, 0) is 4.74 Å². The maximum atomic E-state index is 5.52. The van der Waals surface area contributed by atoms with E-state index < -0.39 is 0 Å². The molecule has 0 saturated carbocycles. The van der Waals surface area contributed by atoms with E-state index >= 15 is 0 Å². The molecule has 0 aromatic heterocycles. The van der Waals surface area contributed by atoms with Crippen LogP contribution in [0, 0.1) is 0 Å². The molecule has 0 aromatic carbocycles. The molecule has 0 rings (SSSR count). The summed E-state index contributed by atoms with van der Waals surface area (Å²) in [5.74, 6) is 0.920. The molecule has 1 nitrogen and oxygen atoms in total. The smallest absolute Gasteiger partial charge is 0.122 e. The summed E-state index contributed by atoms with van der Waals surface area (Å²) < 4.78 is 5.52. The lowest BCUT2D eigenvalue weighted by Gasteiger charge is -2.09. The maximum Gasteiger partial charge on any atom is 0.122 e. The topological polar surface area (TPSA) is 9.23 Å². The number of ether oxygens (including phenoxy) is 1. The molecule has 14 heavy (non-hydrogen) atoms. The molecule has 0 aliphatic rings. The monoisotopic (exact) mass is 192 g/mol. The van der Waals surface area contributed by atoms with Crippen molar-refractivity contribution in [3.63, 3.8) is 0 Å². The van der Waals surface area contributed by atoms with E-state index in [0.717, 1.165) is 12.2 Å². The molecule has 0 heterocycles. The molecule has 0 unspecified atom stereocenters. The molecule has 0 spiro atoms. The van der Waals surface area contributed by atoms with Gasteiger partial charge >= 0.3 is 0 Å². The van der Waals surface area contributed by atoms with Crippen LogP contribution >= 0.6 is 0 Å². The first-order chi connectivity index (χ1) is 6.79. The summed E-state index contributed by atoms with van der Waals surface area (Å²) >= 11 is 0. The third-order valence-electron chi connectivity index (χ3n) is 1.76. The van der Waals surface area contributed by atoms with Crippen LogP contribution in [0.15, 0.2) is 48.3 Å². The van der Waals surface area contributed by atoms with Gasteiger partial charge in [-0.3, -0.25) is 0 Å². The fourth-order valence-corrected chi connectivity index (χ4v) is 1.10. The zero-order valence-corrected chi connectivity index (χ0v) is 9.42. The van der Waals surface area contributed by atoms with E-state index in [4.69, 9.17) is 4.74 Å². The van der Waals surface area contributed by atoms with Gasteiger partial charge in [-0.25, -0.2) is 0 Å². The van der Waals surface area contributed by atoms with Crippen molar-refractivity contribution in [2.45, 2.75) is 27.2 Å². The number of hydrogen-bond donors (Lipinski definition) is 0. The van der Waals surface area contributed by atoms with Crippen LogP contribution < -0.4 is 0 Å². The van der Waals surface area contributed by atoms with Crippen molar-refractivity contribution in [2.24, 2.45) is 0 Å². The SMILES string of the molecule is C=C\C=C(OCC)/C(=C\C=C/C)CC. The van der Waals surface area contributed by atoms with Crippen LogP contribution in [0.2, 0.25) is 0 Å². The number of allylic oxidation sites excluding steroid dienone is 6. The largest absolute Gasteiger partial charge is 0.494 e. The molecular formula is C13H20O. The first-order valence-corrected chi connectivity index (χ1v) is 5.07. The summed E-state index contributed by atoms with van der Waals surface area (Å²) in [5, 5.41) is 0. The molecule has 0 aliphatic heterocycles. The van der Waals surface area contributed by atoms with E-state index in [0.29, 0.717) is 6.61 Å². The normalized spacial score (nSPS) is 13.4. The van der Waals surface area contributed by atoms with E-state index in [1.165, 1.54) is 5.57 Å². The Morgan fingerprint density at radius 3 is 2.43 bits per heavy atom. The van der Waals surface area contributed by atoms with E-state index in [1.54, 1.807) is 6.08 Å². The van der Waals surface area contributed by atoms with Gasteiger partial charge in [0.1, 0.15) is 5.76 Å². The van der Waals surface area contributed by atoms with Crippen molar-refractivity contribution < 1.29 is 4.74 Å². The van der Waals surface area contributed by atoms with Crippen molar-refractivity contribution in [3.05, 3.63) is 48.3 Å². The second-order valence-corrected chi connectivity index (χ2v) is 2.77. The van der Waals surface area contributed by atoms with Gasteiger partial charge in [-0.1, -0.05) is 37.8 Å². The fraction of sp³-hybridized carbons (Fsp3) is 0.385. The summed E-state index contributed by atoms with van der Waals surface area (Å²) in [6.07, 6.45) is 10.7. The highest BCUT2D eigenvalue weighted by Gasteiger charge is 2.01. The minimum Gasteiger partial charge on any atom is -0.494 e. The Labute approximate surface area is 87.5 Å². The van der Waals surface area contributed by atoms with Gasteiger partial charge in [-0.05, 0) is 31.9 Å². The van der Waals surface area contributed by atoms with Crippen molar-refractivity contribution in [3.8, 4) is 0 Å². The van der Waals surface area contributed by atoms with E-state index in [1.807, 2.05) is 32.1 Å². The molecule has 0 bridgehead atoms. The Hall–Kier alpha value is -1.24. The molecule has 0 atom stereocenters. The summed E-state index contributed by atoms with van der Waals surface area (Å²) in [6, 6.07) is 0. The van der Waals surface area contributed by atoms with Gasteiger partial charge in [0.2, 0.25) is 0 Å². The highest BCUT2D eigenvalue weighted by Crippen LogP contribution is 2.15. The van der Waals surface area contributed by atoms with Gasteiger partial charge in [-0.2, -0.15) is 0 Å². The molecule has 0 radical (unpaired) electrons. The minimum atomic E-state index is 0.687. The number of hydrogen-bond acceptors (Lipinski definition) is 1. The van der Waals surface area contributed by atoms with Crippen LogP contribution in [0.3, 0.4) is 0 Å².